The average molecular weight is 284 g/mol. The lowest BCUT2D eigenvalue weighted by molar-refractivity contribution is 0.208. The molecule has 0 heterocycles. The molecular formula is C13H18BrNO. The van der Waals surface area contributed by atoms with Crippen molar-refractivity contribution in [3.63, 3.8) is 0 Å². The molecule has 1 fully saturated rings. The largest absolute Gasteiger partial charge is 0.489 e. The van der Waals surface area contributed by atoms with Gasteiger partial charge in [-0.1, -0.05) is 6.07 Å². The Labute approximate surface area is 105 Å². The molecule has 0 atom stereocenters. The lowest BCUT2D eigenvalue weighted by Crippen LogP contribution is -2.11. The summed E-state index contributed by atoms with van der Waals surface area (Å²) in [4.78, 5) is 0. The highest BCUT2D eigenvalue weighted by molar-refractivity contribution is 9.10. The number of rotatable bonds is 4. The molecule has 2 N–H and O–H groups in total. The van der Waals surface area contributed by atoms with Gasteiger partial charge in [-0.2, -0.15) is 0 Å². The molecule has 1 aliphatic carbocycles. The van der Waals surface area contributed by atoms with Crippen LogP contribution in [0.25, 0.3) is 0 Å². The van der Waals surface area contributed by atoms with Crippen LogP contribution in [0.3, 0.4) is 0 Å². The Morgan fingerprint density at radius 3 is 2.69 bits per heavy atom. The number of hydrogen-bond donors (Lipinski definition) is 1. The summed E-state index contributed by atoms with van der Waals surface area (Å²) in [6.07, 6.45) is 6.31. The zero-order valence-corrected chi connectivity index (χ0v) is 11.0. The summed E-state index contributed by atoms with van der Waals surface area (Å²) < 4.78 is 7.01. The summed E-state index contributed by atoms with van der Waals surface area (Å²) in [5.41, 5.74) is 6.79. The summed E-state index contributed by atoms with van der Waals surface area (Å²) in [5, 5.41) is 0. The Kier molecular flexibility index (Phi) is 4.24. The van der Waals surface area contributed by atoms with Crippen LogP contribution in [-0.4, -0.2) is 12.6 Å². The van der Waals surface area contributed by atoms with Crippen LogP contribution in [0.1, 0.15) is 31.2 Å². The van der Waals surface area contributed by atoms with E-state index in [-0.39, 0.29) is 0 Å². The van der Waals surface area contributed by atoms with Crippen molar-refractivity contribution in [2.24, 2.45) is 5.73 Å². The van der Waals surface area contributed by atoms with Crippen molar-refractivity contribution >= 4 is 15.9 Å². The molecule has 0 saturated heterocycles. The molecule has 2 rings (SSSR count). The molecule has 1 saturated carbocycles. The van der Waals surface area contributed by atoms with Gasteiger partial charge in [-0.15, -0.1) is 0 Å². The van der Waals surface area contributed by atoms with Gasteiger partial charge in [-0.05, 0) is 72.3 Å². The van der Waals surface area contributed by atoms with Gasteiger partial charge in [-0.3, -0.25) is 0 Å². The minimum absolute atomic E-state index is 0.414. The van der Waals surface area contributed by atoms with Gasteiger partial charge in [0.15, 0.2) is 0 Å². The van der Waals surface area contributed by atoms with Crippen LogP contribution in [0.5, 0.6) is 5.75 Å². The number of ether oxygens (including phenoxy) is 1. The van der Waals surface area contributed by atoms with Crippen LogP contribution in [0.4, 0.5) is 0 Å². The van der Waals surface area contributed by atoms with E-state index >= 15 is 0 Å². The maximum Gasteiger partial charge on any atom is 0.133 e. The normalized spacial score (nSPS) is 16.6. The van der Waals surface area contributed by atoms with E-state index in [0.717, 1.165) is 16.6 Å². The second kappa shape index (κ2) is 5.69. The molecule has 2 nitrogen and oxygen atoms in total. The van der Waals surface area contributed by atoms with Crippen LogP contribution in [-0.2, 0) is 6.42 Å². The minimum Gasteiger partial charge on any atom is -0.489 e. The van der Waals surface area contributed by atoms with E-state index in [4.69, 9.17) is 10.5 Å². The van der Waals surface area contributed by atoms with Gasteiger partial charge in [0.2, 0.25) is 0 Å². The predicted molar refractivity (Wildman–Crippen MR) is 69.8 cm³/mol. The van der Waals surface area contributed by atoms with E-state index in [0.29, 0.717) is 12.6 Å². The highest BCUT2D eigenvalue weighted by atomic mass is 79.9. The molecule has 0 amide bonds. The lowest BCUT2D eigenvalue weighted by Gasteiger charge is -2.15. The average Bonchev–Trinajstić information content (AvgIpc) is 2.75. The van der Waals surface area contributed by atoms with E-state index in [2.05, 4.69) is 28.1 Å². The van der Waals surface area contributed by atoms with E-state index in [9.17, 15) is 0 Å². The van der Waals surface area contributed by atoms with Crippen molar-refractivity contribution in [1.82, 2.24) is 0 Å². The van der Waals surface area contributed by atoms with Crippen molar-refractivity contribution in [2.45, 2.75) is 38.2 Å². The molecule has 0 unspecified atom stereocenters. The van der Waals surface area contributed by atoms with Gasteiger partial charge in [0, 0.05) is 0 Å². The van der Waals surface area contributed by atoms with E-state index < -0.39 is 0 Å². The van der Waals surface area contributed by atoms with Crippen LogP contribution < -0.4 is 10.5 Å². The maximum absolute atomic E-state index is 5.96. The van der Waals surface area contributed by atoms with Crippen molar-refractivity contribution in [2.75, 3.05) is 6.54 Å². The third kappa shape index (κ3) is 2.98. The van der Waals surface area contributed by atoms with Crippen LogP contribution >= 0.6 is 15.9 Å². The fourth-order valence-corrected chi connectivity index (χ4v) is 2.67. The van der Waals surface area contributed by atoms with Gasteiger partial charge < -0.3 is 10.5 Å². The van der Waals surface area contributed by atoms with Gasteiger partial charge in [0.25, 0.3) is 0 Å². The molecule has 0 aliphatic heterocycles. The molecule has 0 aromatic heterocycles. The first-order chi connectivity index (χ1) is 7.79. The monoisotopic (exact) mass is 283 g/mol. The fourth-order valence-electron chi connectivity index (χ4n) is 2.15. The number of hydrogen-bond acceptors (Lipinski definition) is 2. The Morgan fingerprint density at radius 2 is 2.06 bits per heavy atom. The molecule has 88 valence electrons. The van der Waals surface area contributed by atoms with Crippen LogP contribution in [0, 0.1) is 0 Å². The quantitative estimate of drug-likeness (QED) is 0.921. The first-order valence-electron chi connectivity index (χ1n) is 5.95. The number of benzene rings is 1. The summed E-state index contributed by atoms with van der Waals surface area (Å²) in [5.74, 6) is 0.965. The zero-order chi connectivity index (χ0) is 11.4. The molecular weight excluding hydrogens is 266 g/mol. The molecule has 0 spiro atoms. The SMILES string of the molecule is NCCc1ccc(OC2CCCC2)c(Br)c1. The summed E-state index contributed by atoms with van der Waals surface area (Å²) in [7, 11) is 0. The zero-order valence-electron chi connectivity index (χ0n) is 9.42. The van der Waals surface area contributed by atoms with E-state index in [1.165, 1.54) is 31.2 Å². The van der Waals surface area contributed by atoms with Crippen molar-refractivity contribution in [3.05, 3.63) is 28.2 Å². The molecule has 0 bridgehead atoms. The maximum atomic E-state index is 5.96. The predicted octanol–water partition coefficient (Wildman–Crippen LogP) is 3.27. The third-order valence-electron chi connectivity index (χ3n) is 3.03. The third-order valence-corrected chi connectivity index (χ3v) is 3.64. The second-order valence-electron chi connectivity index (χ2n) is 4.33. The Morgan fingerprint density at radius 1 is 1.31 bits per heavy atom. The first kappa shape index (κ1) is 11.9. The molecule has 16 heavy (non-hydrogen) atoms. The summed E-state index contributed by atoms with van der Waals surface area (Å²) in [6, 6.07) is 6.26. The topological polar surface area (TPSA) is 35.2 Å². The fraction of sp³-hybridized carbons (Fsp3) is 0.538. The van der Waals surface area contributed by atoms with Gasteiger partial charge in [0.05, 0.1) is 10.6 Å². The van der Waals surface area contributed by atoms with Crippen LogP contribution in [0.2, 0.25) is 0 Å². The Balaban J connectivity index is 2.03. The van der Waals surface area contributed by atoms with Crippen molar-refractivity contribution < 1.29 is 4.74 Å². The number of halogens is 1. The first-order valence-corrected chi connectivity index (χ1v) is 6.74. The van der Waals surface area contributed by atoms with Crippen molar-refractivity contribution in [3.8, 4) is 5.75 Å². The van der Waals surface area contributed by atoms with Gasteiger partial charge >= 0.3 is 0 Å². The smallest absolute Gasteiger partial charge is 0.133 e. The second-order valence-corrected chi connectivity index (χ2v) is 5.18. The van der Waals surface area contributed by atoms with E-state index in [1.807, 2.05) is 6.07 Å². The lowest BCUT2D eigenvalue weighted by atomic mass is 10.1. The van der Waals surface area contributed by atoms with Crippen LogP contribution in [0.15, 0.2) is 22.7 Å². The van der Waals surface area contributed by atoms with Gasteiger partial charge in [0.1, 0.15) is 5.75 Å². The minimum atomic E-state index is 0.414. The standard InChI is InChI=1S/C13H18BrNO/c14-12-9-10(7-8-15)5-6-13(12)16-11-3-1-2-4-11/h5-6,9,11H,1-4,7-8,15H2. The van der Waals surface area contributed by atoms with Gasteiger partial charge in [-0.25, -0.2) is 0 Å². The summed E-state index contributed by atoms with van der Waals surface area (Å²) >= 11 is 3.56. The molecule has 1 aromatic rings. The van der Waals surface area contributed by atoms with Crippen molar-refractivity contribution in [1.29, 1.82) is 0 Å². The summed E-state index contributed by atoms with van der Waals surface area (Å²) in [6.45, 7) is 0.690. The highest BCUT2D eigenvalue weighted by Crippen LogP contribution is 2.30. The molecule has 1 aromatic carbocycles. The Bertz CT molecular complexity index is 348. The molecule has 1 aliphatic rings. The molecule has 0 radical (unpaired) electrons. The Hall–Kier alpha value is -0.540. The van der Waals surface area contributed by atoms with E-state index in [1.54, 1.807) is 0 Å². The number of nitrogens with two attached hydrogens (primary N) is 1. The highest BCUT2D eigenvalue weighted by Gasteiger charge is 2.17. The molecule has 3 heteroatoms.